The van der Waals surface area contributed by atoms with Crippen molar-refractivity contribution in [2.24, 2.45) is 5.84 Å². The van der Waals surface area contributed by atoms with Gasteiger partial charge < -0.3 is 14.5 Å². The maximum Gasteiger partial charge on any atom is 0.409 e. The van der Waals surface area contributed by atoms with Crippen molar-refractivity contribution < 1.29 is 14.3 Å². The average Bonchev–Trinajstić information content (AvgIpc) is 2.61. The van der Waals surface area contributed by atoms with Crippen LogP contribution in [-0.4, -0.2) is 59.7 Å². The standard InChI is InChI=1S/C16H21N5O3/c1-2-24-16(23)20-8-6-19(7-9-20)15(22)21(18)12-14-5-3-4-13(10-14)11-17/h3-5,10H,2,6-9,12,18H2,1H3. The summed E-state index contributed by atoms with van der Waals surface area (Å²) in [6, 6.07) is 8.71. The molecule has 1 aliphatic rings. The van der Waals surface area contributed by atoms with Crippen molar-refractivity contribution in [3.8, 4) is 6.07 Å². The van der Waals surface area contributed by atoms with E-state index in [1.165, 1.54) is 0 Å². The van der Waals surface area contributed by atoms with E-state index in [9.17, 15) is 9.59 Å². The molecule has 0 radical (unpaired) electrons. The minimum Gasteiger partial charge on any atom is -0.450 e. The second-order valence-corrected chi connectivity index (χ2v) is 5.40. The molecule has 0 aliphatic carbocycles. The Balaban J connectivity index is 1.88. The molecule has 8 nitrogen and oxygen atoms in total. The molecule has 1 aromatic rings. The molecule has 1 fully saturated rings. The van der Waals surface area contributed by atoms with Gasteiger partial charge in [0.05, 0.1) is 24.8 Å². The normalized spacial score (nSPS) is 14.0. The molecule has 3 amide bonds. The Morgan fingerprint density at radius 1 is 1.29 bits per heavy atom. The zero-order chi connectivity index (χ0) is 17.5. The summed E-state index contributed by atoms with van der Waals surface area (Å²) >= 11 is 0. The first-order valence-corrected chi connectivity index (χ1v) is 7.77. The fraction of sp³-hybridized carbons (Fsp3) is 0.438. The molecule has 1 heterocycles. The van der Waals surface area contributed by atoms with Crippen molar-refractivity contribution in [3.05, 3.63) is 35.4 Å². The van der Waals surface area contributed by atoms with Gasteiger partial charge in [0.1, 0.15) is 0 Å². The van der Waals surface area contributed by atoms with E-state index in [1.54, 1.807) is 34.9 Å². The molecule has 0 unspecified atom stereocenters. The van der Waals surface area contributed by atoms with Gasteiger partial charge >= 0.3 is 12.1 Å². The summed E-state index contributed by atoms with van der Waals surface area (Å²) < 4.78 is 4.95. The first kappa shape index (κ1) is 17.6. The number of urea groups is 1. The predicted octanol–water partition coefficient (Wildman–Crippen LogP) is 1.13. The molecule has 0 atom stereocenters. The summed E-state index contributed by atoms with van der Waals surface area (Å²) in [4.78, 5) is 27.2. The number of hydrogen-bond donors (Lipinski definition) is 1. The second-order valence-electron chi connectivity index (χ2n) is 5.40. The predicted molar refractivity (Wildman–Crippen MR) is 86.5 cm³/mol. The number of carbonyl (C=O) groups excluding carboxylic acids is 2. The molecule has 0 saturated carbocycles. The highest BCUT2D eigenvalue weighted by Gasteiger charge is 2.26. The van der Waals surface area contributed by atoms with Gasteiger partial charge in [0.15, 0.2) is 0 Å². The lowest BCUT2D eigenvalue weighted by Gasteiger charge is -2.35. The number of rotatable bonds is 3. The first-order valence-electron chi connectivity index (χ1n) is 7.77. The van der Waals surface area contributed by atoms with Gasteiger partial charge in [0.25, 0.3) is 0 Å². The highest BCUT2D eigenvalue weighted by Crippen LogP contribution is 2.10. The van der Waals surface area contributed by atoms with E-state index >= 15 is 0 Å². The number of benzene rings is 1. The Morgan fingerprint density at radius 3 is 2.58 bits per heavy atom. The van der Waals surface area contributed by atoms with Crippen LogP contribution in [0, 0.1) is 11.3 Å². The van der Waals surface area contributed by atoms with E-state index in [0.717, 1.165) is 10.6 Å². The number of nitriles is 1. The summed E-state index contributed by atoms with van der Waals surface area (Å²) in [6.45, 7) is 3.95. The topological polar surface area (TPSA) is 103 Å². The number of piperazine rings is 1. The highest BCUT2D eigenvalue weighted by atomic mass is 16.6. The van der Waals surface area contributed by atoms with E-state index < -0.39 is 0 Å². The van der Waals surface area contributed by atoms with E-state index in [-0.39, 0.29) is 18.7 Å². The molecule has 24 heavy (non-hydrogen) atoms. The minimum atomic E-state index is -0.359. The lowest BCUT2D eigenvalue weighted by molar-refractivity contribution is 0.0780. The maximum atomic E-state index is 12.4. The van der Waals surface area contributed by atoms with Gasteiger partial charge in [-0.1, -0.05) is 12.1 Å². The monoisotopic (exact) mass is 331 g/mol. The third-order valence-electron chi connectivity index (χ3n) is 3.73. The SMILES string of the molecule is CCOC(=O)N1CCN(C(=O)N(N)Cc2cccc(C#N)c2)CC1. The van der Waals surface area contributed by atoms with Crippen molar-refractivity contribution >= 4 is 12.1 Å². The Hall–Kier alpha value is -2.79. The number of amides is 3. The third-order valence-corrected chi connectivity index (χ3v) is 3.73. The van der Waals surface area contributed by atoms with Gasteiger partial charge in [-0.3, -0.25) is 5.01 Å². The average molecular weight is 331 g/mol. The van der Waals surface area contributed by atoms with Crippen LogP contribution in [0.3, 0.4) is 0 Å². The molecular formula is C16H21N5O3. The first-order chi connectivity index (χ1) is 11.5. The van der Waals surface area contributed by atoms with Gasteiger partial charge in [-0.15, -0.1) is 0 Å². The van der Waals surface area contributed by atoms with E-state index in [1.807, 2.05) is 6.07 Å². The molecule has 0 aromatic heterocycles. The fourth-order valence-electron chi connectivity index (χ4n) is 2.48. The minimum absolute atomic E-state index is 0.215. The van der Waals surface area contributed by atoms with E-state index in [2.05, 4.69) is 6.07 Å². The fourth-order valence-corrected chi connectivity index (χ4v) is 2.48. The Kier molecular flexibility index (Phi) is 5.98. The lowest BCUT2D eigenvalue weighted by Crippen LogP contribution is -2.55. The molecule has 0 spiro atoms. The van der Waals surface area contributed by atoms with Gasteiger partial charge in [-0.05, 0) is 24.6 Å². The molecular weight excluding hydrogens is 310 g/mol. The van der Waals surface area contributed by atoms with Crippen LogP contribution < -0.4 is 5.84 Å². The van der Waals surface area contributed by atoms with Gasteiger partial charge in [0.2, 0.25) is 0 Å². The highest BCUT2D eigenvalue weighted by molar-refractivity contribution is 5.74. The van der Waals surface area contributed by atoms with E-state index in [0.29, 0.717) is 38.3 Å². The molecule has 1 aliphatic heterocycles. The van der Waals surface area contributed by atoms with Crippen LogP contribution >= 0.6 is 0 Å². The van der Waals surface area contributed by atoms with Crippen molar-refractivity contribution in [2.45, 2.75) is 13.5 Å². The van der Waals surface area contributed by atoms with Crippen LogP contribution in [0.15, 0.2) is 24.3 Å². The number of ether oxygens (including phenoxy) is 1. The summed E-state index contributed by atoms with van der Waals surface area (Å²) in [5, 5.41) is 10.0. The van der Waals surface area contributed by atoms with Crippen LogP contribution in [0.1, 0.15) is 18.1 Å². The Morgan fingerprint density at radius 2 is 1.96 bits per heavy atom. The summed E-state index contributed by atoms with van der Waals surface area (Å²) in [7, 11) is 0. The molecule has 1 aromatic carbocycles. The summed E-state index contributed by atoms with van der Waals surface area (Å²) in [5.74, 6) is 5.87. The molecule has 8 heteroatoms. The van der Waals surface area contributed by atoms with Gasteiger partial charge in [-0.25, -0.2) is 15.4 Å². The van der Waals surface area contributed by atoms with Crippen LogP contribution in [0.4, 0.5) is 9.59 Å². The van der Waals surface area contributed by atoms with Crippen molar-refractivity contribution in [3.63, 3.8) is 0 Å². The molecule has 2 N–H and O–H groups in total. The summed E-state index contributed by atoms with van der Waals surface area (Å²) in [5.41, 5.74) is 1.31. The summed E-state index contributed by atoms with van der Waals surface area (Å²) in [6.07, 6.45) is -0.359. The lowest BCUT2D eigenvalue weighted by atomic mass is 10.1. The molecule has 1 saturated heterocycles. The van der Waals surface area contributed by atoms with Crippen molar-refractivity contribution in [1.29, 1.82) is 5.26 Å². The largest absolute Gasteiger partial charge is 0.450 e. The van der Waals surface area contributed by atoms with Crippen LogP contribution in [-0.2, 0) is 11.3 Å². The van der Waals surface area contributed by atoms with Crippen LogP contribution in [0.2, 0.25) is 0 Å². The molecule has 128 valence electrons. The number of carbonyl (C=O) groups is 2. The Bertz CT molecular complexity index is 635. The van der Waals surface area contributed by atoms with Gasteiger partial charge in [0, 0.05) is 26.2 Å². The van der Waals surface area contributed by atoms with Gasteiger partial charge in [-0.2, -0.15) is 5.26 Å². The number of hydrazine groups is 1. The smallest absolute Gasteiger partial charge is 0.409 e. The quantitative estimate of drug-likeness (QED) is 0.508. The number of nitrogens with zero attached hydrogens (tertiary/aromatic N) is 4. The number of hydrogen-bond acceptors (Lipinski definition) is 5. The van der Waals surface area contributed by atoms with E-state index in [4.69, 9.17) is 15.8 Å². The Labute approximate surface area is 140 Å². The zero-order valence-corrected chi connectivity index (χ0v) is 13.6. The molecule has 2 rings (SSSR count). The van der Waals surface area contributed by atoms with Crippen molar-refractivity contribution in [1.82, 2.24) is 14.8 Å². The zero-order valence-electron chi connectivity index (χ0n) is 13.6. The van der Waals surface area contributed by atoms with Crippen LogP contribution in [0.25, 0.3) is 0 Å². The maximum absolute atomic E-state index is 12.4. The van der Waals surface area contributed by atoms with Crippen LogP contribution in [0.5, 0.6) is 0 Å². The van der Waals surface area contributed by atoms with Crippen molar-refractivity contribution in [2.75, 3.05) is 32.8 Å². The number of nitrogens with two attached hydrogens (primary N) is 1. The third kappa shape index (κ3) is 4.36. The molecule has 0 bridgehead atoms. The second kappa shape index (κ2) is 8.17.